The number of ether oxygens (including phenoxy) is 1. The number of hydrogen-bond acceptors (Lipinski definition) is 7. The molecule has 0 spiro atoms. The Morgan fingerprint density at radius 1 is 0.840 bits per heavy atom. The van der Waals surface area contributed by atoms with Crippen LogP contribution in [0.3, 0.4) is 0 Å². The smallest absolute Gasteiger partial charge is 0.272 e. The standard InChI is InChI=1S/C40H34N4O4S2/c1-3-48-31-19-22-33-35(25-31)50-40(43-33)44-39(47)36(28-13-6-4-7-14-28)49-32-20-17-30(18-21-32)41-38(46)34(24-27-12-10-11-26(2)23-27)42-37(45)29-15-8-5-9-16-29/h4-25,36H,3H2,1-2H3,(H,41,46)(H,42,45)(H,43,44,47)/b34-24-. The van der Waals surface area contributed by atoms with E-state index in [1.54, 1.807) is 42.5 Å². The van der Waals surface area contributed by atoms with Crippen LogP contribution in [0.15, 0.2) is 138 Å². The quantitative estimate of drug-likeness (QED) is 0.0870. The van der Waals surface area contributed by atoms with E-state index < -0.39 is 17.1 Å². The van der Waals surface area contributed by atoms with Crippen LogP contribution in [-0.2, 0) is 9.59 Å². The number of fused-ring (bicyclic) bond motifs is 1. The lowest BCUT2D eigenvalue weighted by Gasteiger charge is -2.17. The highest BCUT2D eigenvalue weighted by molar-refractivity contribution is 8.00. The minimum Gasteiger partial charge on any atom is -0.494 e. The Morgan fingerprint density at radius 3 is 2.30 bits per heavy atom. The second kappa shape index (κ2) is 16.1. The van der Waals surface area contributed by atoms with Crippen molar-refractivity contribution >= 4 is 67.9 Å². The Hall–Kier alpha value is -5.71. The number of carbonyl (C=O) groups is 3. The highest BCUT2D eigenvalue weighted by Crippen LogP contribution is 2.38. The van der Waals surface area contributed by atoms with Crippen LogP contribution in [0.5, 0.6) is 5.75 Å². The fraction of sp³-hybridized carbons (Fsp3) is 0.100. The lowest BCUT2D eigenvalue weighted by molar-refractivity contribution is -0.116. The molecule has 0 saturated heterocycles. The first kappa shape index (κ1) is 34.2. The van der Waals surface area contributed by atoms with E-state index in [0.717, 1.165) is 37.6 Å². The highest BCUT2D eigenvalue weighted by atomic mass is 32.2. The van der Waals surface area contributed by atoms with Crippen molar-refractivity contribution in [3.05, 3.63) is 155 Å². The van der Waals surface area contributed by atoms with Gasteiger partial charge in [0.05, 0.1) is 16.8 Å². The van der Waals surface area contributed by atoms with Gasteiger partial charge in [-0.2, -0.15) is 0 Å². The monoisotopic (exact) mass is 698 g/mol. The molecule has 3 amide bonds. The number of rotatable bonds is 12. The molecule has 1 aromatic heterocycles. The zero-order valence-electron chi connectivity index (χ0n) is 27.4. The predicted molar refractivity (Wildman–Crippen MR) is 203 cm³/mol. The van der Waals surface area contributed by atoms with Crippen molar-refractivity contribution in [1.82, 2.24) is 10.3 Å². The molecule has 5 aromatic carbocycles. The number of amides is 3. The molecule has 0 saturated carbocycles. The molecule has 10 heteroatoms. The first-order valence-electron chi connectivity index (χ1n) is 16.0. The molecule has 0 aliphatic heterocycles. The first-order valence-corrected chi connectivity index (χ1v) is 17.7. The zero-order chi connectivity index (χ0) is 34.9. The summed E-state index contributed by atoms with van der Waals surface area (Å²) in [5.74, 6) is -0.309. The number of hydrogen-bond donors (Lipinski definition) is 3. The van der Waals surface area contributed by atoms with Gasteiger partial charge in [0.25, 0.3) is 11.8 Å². The summed E-state index contributed by atoms with van der Waals surface area (Å²) in [5, 5.41) is 8.62. The molecule has 0 aliphatic rings. The van der Waals surface area contributed by atoms with Crippen LogP contribution in [0.25, 0.3) is 16.3 Å². The lowest BCUT2D eigenvalue weighted by Crippen LogP contribution is -2.30. The molecule has 1 heterocycles. The minimum absolute atomic E-state index is 0.104. The second-order valence-corrected chi connectivity index (χ2v) is 13.5. The Labute approximate surface area is 298 Å². The van der Waals surface area contributed by atoms with Crippen molar-refractivity contribution in [3.8, 4) is 5.75 Å². The van der Waals surface area contributed by atoms with E-state index in [0.29, 0.717) is 23.0 Å². The summed E-state index contributed by atoms with van der Waals surface area (Å²) >= 11 is 2.79. The van der Waals surface area contributed by atoms with Crippen LogP contribution in [-0.4, -0.2) is 29.3 Å². The Morgan fingerprint density at radius 2 is 1.58 bits per heavy atom. The molecular weight excluding hydrogens is 665 g/mol. The summed E-state index contributed by atoms with van der Waals surface area (Å²) in [6.07, 6.45) is 1.65. The maximum Gasteiger partial charge on any atom is 0.272 e. The first-order chi connectivity index (χ1) is 24.3. The zero-order valence-corrected chi connectivity index (χ0v) is 29.0. The maximum atomic E-state index is 13.7. The van der Waals surface area contributed by atoms with Gasteiger partial charge in [0.2, 0.25) is 5.91 Å². The minimum atomic E-state index is -0.570. The van der Waals surface area contributed by atoms with E-state index in [2.05, 4.69) is 20.9 Å². The molecule has 50 heavy (non-hydrogen) atoms. The van der Waals surface area contributed by atoms with E-state index in [1.165, 1.54) is 23.1 Å². The SMILES string of the molecule is CCOc1ccc2nc(NC(=O)C(Sc3ccc(NC(=O)/C(=C/c4cccc(C)c4)NC(=O)c4ccccc4)cc3)c3ccccc3)sc2c1. The van der Waals surface area contributed by atoms with Gasteiger partial charge in [-0.3, -0.25) is 14.4 Å². The summed E-state index contributed by atoms with van der Waals surface area (Å²) in [5.41, 5.74) is 4.51. The summed E-state index contributed by atoms with van der Waals surface area (Å²) in [6, 6.07) is 38.9. The third-order valence-electron chi connectivity index (χ3n) is 7.49. The third kappa shape index (κ3) is 8.84. The molecule has 0 aliphatic carbocycles. The lowest BCUT2D eigenvalue weighted by atomic mass is 10.1. The molecule has 1 atom stereocenters. The Kier molecular flexibility index (Phi) is 11.0. The van der Waals surface area contributed by atoms with Crippen molar-refractivity contribution in [2.24, 2.45) is 0 Å². The molecular formula is C40H34N4O4S2. The Balaban J connectivity index is 1.18. The third-order valence-corrected chi connectivity index (χ3v) is 9.69. The number of carbonyl (C=O) groups excluding carboxylic acids is 3. The summed E-state index contributed by atoms with van der Waals surface area (Å²) in [6.45, 7) is 4.46. The second-order valence-electron chi connectivity index (χ2n) is 11.3. The average molecular weight is 699 g/mol. The van der Waals surface area contributed by atoms with Crippen LogP contribution < -0.4 is 20.7 Å². The van der Waals surface area contributed by atoms with E-state index >= 15 is 0 Å². The molecule has 8 nitrogen and oxygen atoms in total. The van der Waals surface area contributed by atoms with Crippen LogP contribution in [0.2, 0.25) is 0 Å². The average Bonchev–Trinajstić information content (AvgIpc) is 3.53. The van der Waals surface area contributed by atoms with Crippen molar-refractivity contribution in [2.45, 2.75) is 24.0 Å². The van der Waals surface area contributed by atoms with Gasteiger partial charge in [-0.25, -0.2) is 4.98 Å². The van der Waals surface area contributed by atoms with E-state index in [4.69, 9.17) is 4.74 Å². The molecule has 1 unspecified atom stereocenters. The molecule has 0 fully saturated rings. The number of aryl methyl sites for hydroxylation is 1. The molecule has 6 aromatic rings. The van der Waals surface area contributed by atoms with Crippen LogP contribution in [0, 0.1) is 6.92 Å². The summed E-state index contributed by atoms with van der Waals surface area (Å²) in [7, 11) is 0. The maximum absolute atomic E-state index is 13.7. The molecule has 0 bridgehead atoms. The number of thioether (sulfide) groups is 1. The van der Waals surface area contributed by atoms with Gasteiger partial charge in [0.15, 0.2) is 5.13 Å². The Bertz CT molecular complexity index is 2150. The van der Waals surface area contributed by atoms with E-state index in [9.17, 15) is 14.4 Å². The van der Waals surface area contributed by atoms with Gasteiger partial charge in [0, 0.05) is 16.1 Å². The fourth-order valence-corrected chi connectivity index (χ4v) is 7.03. The normalized spacial score (nSPS) is 11.8. The number of thiazole rings is 1. The number of anilines is 2. The van der Waals surface area contributed by atoms with Gasteiger partial charge >= 0.3 is 0 Å². The van der Waals surface area contributed by atoms with Crippen LogP contribution >= 0.6 is 23.1 Å². The summed E-state index contributed by atoms with van der Waals surface area (Å²) in [4.78, 5) is 45.7. The predicted octanol–water partition coefficient (Wildman–Crippen LogP) is 8.89. The van der Waals surface area contributed by atoms with Gasteiger partial charge < -0.3 is 20.7 Å². The van der Waals surface area contributed by atoms with Crippen molar-refractivity contribution in [3.63, 3.8) is 0 Å². The fourth-order valence-electron chi connectivity index (χ4n) is 5.11. The number of nitrogens with zero attached hydrogens (tertiary/aromatic N) is 1. The van der Waals surface area contributed by atoms with Gasteiger partial charge in [-0.1, -0.05) is 89.7 Å². The number of nitrogens with one attached hydrogen (secondary N) is 3. The number of benzene rings is 5. The van der Waals surface area contributed by atoms with Crippen LogP contribution in [0.4, 0.5) is 10.8 Å². The van der Waals surface area contributed by atoms with Crippen molar-refractivity contribution in [1.29, 1.82) is 0 Å². The van der Waals surface area contributed by atoms with Gasteiger partial charge in [0.1, 0.15) is 16.7 Å². The topological polar surface area (TPSA) is 109 Å². The molecule has 250 valence electrons. The van der Waals surface area contributed by atoms with Crippen LogP contribution in [0.1, 0.15) is 39.2 Å². The van der Waals surface area contributed by atoms with Crippen molar-refractivity contribution < 1.29 is 19.1 Å². The van der Waals surface area contributed by atoms with E-state index in [-0.39, 0.29) is 11.6 Å². The number of aromatic nitrogens is 1. The van der Waals surface area contributed by atoms with Gasteiger partial charge in [-0.15, -0.1) is 11.8 Å². The van der Waals surface area contributed by atoms with Crippen molar-refractivity contribution in [2.75, 3.05) is 17.2 Å². The largest absolute Gasteiger partial charge is 0.494 e. The molecule has 6 rings (SSSR count). The molecule has 0 radical (unpaired) electrons. The summed E-state index contributed by atoms with van der Waals surface area (Å²) < 4.78 is 6.53. The highest BCUT2D eigenvalue weighted by Gasteiger charge is 2.24. The van der Waals surface area contributed by atoms with E-state index in [1.807, 2.05) is 105 Å². The molecule has 3 N–H and O–H groups in total. The van der Waals surface area contributed by atoms with Gasteiger partial charge in [-0.05, 0) is 85.6 Å².